The Morgan fingerprint density at radius 3 is 2.82 bits per heavy atom. The highest BCUT2D eigenvalue weighted by atomic mass is 16.7. The number of aliphatic hydroxyl groups excluding tert-OH is 1. The SMILES string of the molecule is O[C@@H](c1ccccc1)[C@H]1CO[C@H]2OCCC[C@H]21. The minimum atomic E-state index is -0.437. The van der Waals surface area contributed by atoms with E-state index in [1.54, 1.807) is 0 Å². The van der Waals surface area contributed by atoms with Crippen molar-refractivity contribution in [3.63, 3.8) is 0 Å². The fraction of sp³-hybridized carbons (Fsp3) is 0.571. The van der Waals surface area contributed by atoms with Crippen molar-refractivity contribution in [2.75, 3.05) is 13.2 Å². The van der Waals surface area contributed by atoms with E-state index in [0.717, 1.165) is 25.0 Å². The Kier molecular flexibility index (Phi) is 3.14. The van der Waals surface area contributed by atoms with Gasteiger partial charge in [0.2, 0.25) is 0 Å². The average Bonchev–Trinajstić information content (AvgIpc) is 2.83. The van der Waals surface area contributed by atoms with Crippen LogP contribution >= 0.6 is 0 Å². The summed E-state index contributed by atoms with van der Waals surface area (Å²) in [7, 11) is 0. The Bertz CT molecular complexity index is 365. The first kappa shape index (κ1) is 11.2. The van der Waals surface area contributed by atoms with E-state index >= 15 is 0 Å². The van der Waals surface area contributed by atoms with Gasteiger partial charge in [-0.2, -0.15) is 0 Å². The maximum absolute atomic E-state index is 10.4. The van der Waals surface area contributed by atoms with E-state index in [0.29, 0.717) is 12.5 Å². The molecule has 0 bridgehead atoms. The molecule has 0 saturated carbocycles. The molecule has 2 aliphatic heterocycles. The standard InChI is InChI=1S/C14H18O3/c15-13(10-5-2-1-3-6-10)12-9-17-14-11(12)7-4-8-16-14/h1-3,5-6,11-15H,4,7-9H2/t11-,12-,13-,14+/m0/s1. The normalized spacial score (nSPS) is 34.3. The molecule has 2 heterocycles. The summed E-state index contributed by atoms with van der Waals surface area (Å²) < 4.78 is 11.2. The first-order valence-electron chi connectivity index (χ1n) is 6.32. The van der Waals surface area contributed by atoms with Gasteiger partial charge in [-0.1, -0.05) is 30.3 Å². The third-order valence-corrected chi connectivity index (χ3v) is 3.86. The Morgan fingerprint density at radius 2 is 2.00 bits per heavy atom. The van der Waals surface area contributed by atoms with Crippen molar-refractivity contribution in [3.8, 4) is 0 Å². The van der Waals surface area contributed by atoms with Crippen LogP contribution in [0.5, 0.6) is 0 Å². The summed E-state index contributed by atoms with van der Waals surface area (Å²) in [5.74, 6) is 0.515. The number of fused-ring (bicyclic) bond motifs is 1. The largest absolute Gasteiger partial charge is 0.388 e. The lowest BCUT2D eigenvalue weighted by molar-refractivity contribution is -0.152. The molecule has 3 rings (SSSR count). The Hall–Kier alpha value is -0.900. The Labute approximate surface area is 101 Å². The smallest absolute Gasteiger partial charge is 0.160 e. The lowest BCUT2D eigenvalue weighted by atomic mass is 9.83. The molecular formula is C14H18O3. The van der Waals surface area contributed by atoms with Gasteiger partial charge in [0.1, 0.15) is 0 Å². The van der Waals surface area contributed by atoms with Crippen LogP contribution in [0.15, 0.2) is 30.3 Å². The second-order valence-electron chi connectivity index (χ2n) is 4.90. The monoisotopic (exact) mass is 234 g/mol. The molecule has 0 spiro atoms. The molecule has 0 unspecified atom stereocenters. The minimum Gasteiger partial charge on any atom is -0.388 e. The molecule has 0 radical (unpaired) electrons. The first-order chi connectivity index (χ1) is 8.36. The van der Waals surface area contributed by atoms with Crippen molar-refractivity contribution in [2.24, 2.45) is 11.8 Å². The van der Waals surface area contributed by atoms with Gasteiger partial charge in [0.05, 0.1) is 12.7 Å². The van der Waals surface area contributed by atoms with E-state index in [1.165, 1.54) is 0 Å². The van der Waals surface area contributed by atoms with Gasteiger partial charge in [-0.3, -0.25) is 0 Å². The number of ether oxygens (including phenoxy) is 2. The molecule has 2 saturated heterocycles. The fourth-order valence-corrected chi connectivity index (χ4v) is 2.92. The molecule has 1 aromatic rings. The summed E-state index contributed by atoms with van der Waals surface area (Å²) in [6.45, 7) is 1.39. The van der Waals surface area contributed by atoms with Crippen molar-refractivity contribution in [3.05, 3.63) is 35.9 Å². The van der Waals surface area contributed by atoms with Gasteiger partial charge in [-0.25, -0.2) is 0 Å². The van der Waals surface area contributed by atoms with Crippen LogP contribution in [0.25, 0.3) is 0 Å². The second-order valence-corrected chi connectivity index (χ2v) is 4.90. The van der Waals surface area contributed by atoms with Gasteiger partial charge in [0.15, 0.2) is 6.29 Å². The summed E-state index contributed by atoms with van der Waals surface area (Å²) in [5, 5.41) is 10.4. The molecular weight excluding hydrogens is 216 g/mol. The van der Waals surface area contributed by atoms with Crippen molar-refractivity contribution in [2.45, 2.75) is 25.2 Å². The molecule has 3 nitrogen and oxygen atoms in total. The number of benzene rings is 1. The lowest BCUT2D eigenvalue weighted by Gasteiger charge is -2.29. The summed E-state index contributed by atoms with van der Waals surface area (Å²) >= 11 is 0. The predicted molar refractivity (Wildman–Crippen MR) is 63.3 cm³/mol. The highest BCUT2D eigenvalue weighted by Crippen LogP contribution is 2.41. The van der Waals surface area contributed by atoms with E-state index in [2.05, 4.69) is 0 Å². The first-order valence-corrected chi connectivity index (χ1v) is 6.32. The minimum absolute atomic E-state index is 0.0906. The van der Waals surface area contributed by atoms with E-state index < -0.39 is 6.10 Å². The number of aliphatic hydroxyl groups is 1. The maximum atomic E-state index is 10.4. The van der Waals surface area contributed by atoms with Gasteiger partial charge < -0.3 is 14.6 Å². The highest BCUT2D eigenvalue weighted by molar-refractivity contribution is 5.18. The summed E-state index contributed by atoms with van der Waals surface area (Å²) in [6.07, 6.45) is 1.64. The van der Waals surface area contributed by atoms with Crippen molar-refractivity contribution in [1.82, 2.24) is 0 Å². The molecule has 1 aromatic carbocycles. The van der Waals surface area contributed by atoms with Crippen LogP contribution in [-0.2, 0) is 9.47 Å². The molecule has 2 fully saturated rings. The summed E-state index contributed by atoms with van der Waals surface area (Å²) in [4.78, 5) is 0. The number of hydrogen-bond donors (Lipinski definition) is 1. The molecule has 0 amide bonds. The third-order valence-electron chi connectivity index (χ3n) is 3.86. The van der Waals surface area contributed by atoms with Crippen LogP contribution in [0, 0.1) is 11.8 Å². The molecule has 3 heteroatoms. The van der Waals surface area contributed by atoms with Gasteiger partial charge in [-0.15, -0.1) is 0 Å². The number of rotatable bonds is 2. The van der Waals surface area contributed by atoms with E-state index in [4.69, 9.17) is 9.47 Å². The van der Waals surface area contributed by atoms with Gasteiger partial charge in [0.25, 0.3) is 0 Å². The van der Waals surface area contributed by atoms with Crippen LogP contribution in [0.4, 0.5) is 0 Å². The zero-order valence-corrected chi connectivity index (χ0v) is 9.79. The van der Waals surface area contributed by atoms with Crippen LogP contribution in [0.1, 0.15) is 24.5 Å². The second kappa shape index (κ2) is 4.77. The van der Waals surface area contributed by atoms with Crippen LogP contribution in [0.2, 0.25) is 0 Å². The highest BCUT2D eigenvalue weighted by Gasteiger charge is 2.43. The van der Waals surface area contributed by atoms with Crippen LogP contribution < -0.4 is 0 Å². The van der Waals surface area contributed by atoms with Crippen molar-refractivity contribution >= 4 is 0 Å². The molecule has 2 aliphatic rings. The Morgan fingerprint density at radius 1 is 1.18 bits per heavy atom. The van der Waals surface area contributed by atoms with E-state index in [-0.39, 0.29) is 12.2 Å². The summed E-state index contributed by atoms with van der Waals surface area (Å²) in [6, 6.07) is 9.84. The molecule has 0 aliphatic carbocycles. The molecule has 4 atom stereocenters. The topological polar surface area (TPSA) is 38.7 Å². The van der Waals surface area contributed by atoms with Crippen LogP contribution in [0.3, 0.4) is 0 Å². The quantitative estimate of drug-likeness (QED) is 0.852. The Balaban J connectivity index is 1.76. The van der Waals surface area contributed by atoms with E-state index in [1.807, 2.05) is 30.3 Å². The molecule has 1 N–H and O–H groups in total. The third kappa shape index (κ3) is 2.10. The zero-order chi connectivity index (χ0) is 11.7. The van der Waals surface area contributed by atoms with Crippen LogP contribution in [-0.4, -0.2) is 24.6 Å². The zero-order valence-electron chi connectivity index (χ0n) is 9.79. The summed E-state index contributed by atoms with van der Waals surface area (Å²) in [5.41, 5.74) is 0.979. The van der Waals surface area contributed by atoms with Gasteiger partial charge in [-0.05, 0) is 18.4 Å². The van der Waals surface area contributed by atoms with Crippen molar-refractivity contribution < 1.29 is 14.6 Å². The van der Waals surface area contributed by atoms with Gasteiger partial charge >= 0.3 is 0 Å². The maximum Gasteiger partial charge on any atom is 0.160 e. The average molecular weight is 234 g/mol. The fourth-order valence-electron chi connectivity index (χ4n) is 2.92. The molecule has 17 heavy (non-hydrogen) atoms. The predicted octanol–water partition coefficient (Wildman–Crippen LogP) is 2.12. The van der Waals surface area contributed by atoms with Crippen molar-refractivity contribution in [1.29, 1.82) is 0 Å². The molecule has 92 valence electrons. The molecule has 0 aromatic heterocycles. The van der Waals surface area contributed by atoms with Gasteiger partial charge in [0, 0.05) is 18.4 Å². The van der Waals surface area contributed by atoms with E-state index in [9.17, 15) is 5.11 Å². The lowest BCUT2D eigenvalue weighted by Crippen LogP contribution is -2.31. The number of hydrogen-bond acceptors (Lipinski definition) is 3.